The van der Waals surface area contributed by atoms with Crippen molar-refractivity contribution in [1.29, 1.82) is 0 Å². The summed E-state index contributed by atoms with van der Waals surface area (Å²) in [5, 5.41) is 0. The molecule has 2 rings (SSSR count). The van der Waals surface area contributed by atoms with Crippen LogP contribution in [0.3, 0.4) is 0 Å². The highest BCUT2D eigenvalue weighted by atomic mass is 16.5. The van der Waals surface area contributed by atoms with E-state index in [1.807, 2.05) is 6.07 Å². The van der Waals surface area contributed by atoms with Crippen LogP contribution in [0.1, 0.15) is 5.56 Å². The number of hydrogen-bond acceptors (Lipinski definition) is 2. The average molecular weight is 255 g/mol. The molecule has 0 amide bonds. The van der Waals surface area contributed by atoms with Crippen molar-refractivity contribution in [3.63, 3.8) is 0 Å². The third kappa shape index (κ3) is 4.19. The van der Waals surface area contributed by atoms with Crippen LogP contribution >= 0.6 is 0 Å². The van der Waals surface area contributed by atoms with Crippen LogP contribution in [0.2, 0.25) is 0 Å². The Kier molecular flexibility index (Phi) is 5.13. The zero-order valence-corrected chi connectivity index (χ0v) is 11.7. The second kappa shape index (κ2) is 7.07. The highest BCUT2D eigenvalue weighted by Crippen LogP contribution is 2.19. The number of hydrogen-bond donors (Lipinski definition) is 0. The zero-order valence-electron chi connectivity index (χ0n) is 11.7. The molecule has 0 unspecified atom stereocenters. The Labute approximate surface area is 115 Å². The van der Waals surface area contributed by atoms with Gasteiger partial charge < -0.3 is 4.74 Å². The molecule has 100 valence electrons. The van der Waals surface area contributed by atoms with Crippen LogP contribution in [0.25, 0.3) is 11.1 Å². The minimum absolute atomic E-state index is 0.683. The van der Waals surface area contributed by atoms with Gasteiger partial charge in [0.1, 0.15) is 0 Å². The molecule has 2 aromatic rings. The lowest BCUT2D eigenvalue weighted by Gasteiger charge is -2.15. The van der Waals surface area contributed by atoms with Crippen molar-refractivity contribution in [1.82, 2.24) is 4.90 Å². The number of likely N-dealkylation sites (N-methyl/N-ethyl adjacent to an activating group) is 1. The summed E-state index contributed by atoms with van der Waals surface area (Å²) in [7, 11) is 3.80. The summed E-state index contributed by atoms with van der Waals surface area (Å²) in [6, 6.07) is 19.3. The molecule has 0 bridgehead atoms. The van der Waals surface area contributed by atoms with Crippen LogP contribution in [0.15, 0.2) is 54.6 Å². The van der Waals surface area contributed by atoms with Crippen molar-refractivity contribution in [3.8, 4) is 11.1 Å². The number of methoxy groups -OCH3 is 1. The van der Waals surface area contributed by atoms with Gasteiger partial charge in [0.25, 0.3) is 0 Å². The Morgan fingerprint density at radius 3 is 2.16 bits per heavy atom. The lowest BCUT2D eigenvalue weighted by atomic mass is 10.0. The average Bonchev–Trinajstić information content (AvgIpc) is 2.47. The predicted molar refractivity (Wildman–Crippen MR) is 80.1 cm³/mol. The van der Waals surface area contributed by atoms with E-state index in [1.165, 1.54) is 16.7 Å². The summed E-state index contributed by atoms with van der Waals surface area (Å²) in [4.78, 5) is 2.17. The standard InChI is InChI=1S/C17H21NO/c1-18(14-19-2)13-12-15-8-10-17(11-9-15)16-6-4-3-5-7-16/h3-11H,12-14H2,1-2H3. The van der Waals surface area contributed by atoms with Crippen molar-refractivity contribution in [2.75, 3.05) is 27.4 Å². The van der Waals surface area contributed by atoms with E-state index in [1.54, 1.807) is 7.11 Å². The molecule has 0 aliphatic rings. The van der Waals surface area contributed by atoms with Gasteiger partial charge in [-0.1, -0.05) is 54.6 Å². The van der Waals surface area contributed by atoms with Crippen molar-refractivity contribution in [2.24, 2.45) is 0 Å². The highest BCUT2D eigenvalue weighted by molar-refractivity contribution is 5.63. The lowest BCUT2D eigenvalue weighted by Crippen LogP contribution is -2.23. The van der Waals surface area contributed by atoms with Gasteiger partial charge in [0.2, 0.25) is 0 Å². The van der Waals surface area contributed by atoms with Crippen molar-refractivity contribution >= 4 is 0 Å². The molecule has 19 heavy (non-hydrogen) atoms. The fourth-order valence-electron chi connectivity index (χ4n) is 2.10. The van der Waals surface area contributed by atoms with E-state index >= 15 is 0 Å². The second-order valence-corrected chi connectivity index (χ2v) is 4.81. The fraction of sp³-hybridized carbons (Fsp3) is 0.294. The van der Waals surface area contributed by atoms with Crippen LogP contribution in [0.5, 0.6) is 0 Å². The smallest absolute Gasteiger partial charge is 0.0984 e. The minimum atomic E-state index is 0.683. The summed E-state index contributed by atoms with van der Waals surface area (Å²) in [5.74, 6) is 0. The van der Waals surface area contributed by atoms with E-state index < -0.39 is 0 Å². The van der Waals surface area contributed by atoms with Gasteiger partial charge in [-0.2, -0.15) is 0 Å². The number of benzene rings is 2. The van der Waals surface area contributed by atoms with Crippen LogP contribution < -0.4 is 0 Å². The molecule has 0 aromatic heterocycles. The van der Waals surface area contributed by atoms with Gasteiger partial charge in [-0.3, -0.25) is 4.90 Å². The maximum atomic E-state index is 5.09. The minimum Gasteiger partial charge on any atom is -0.369 e. The SMILES string of the molecule is COCN(C)CCc1ccc(-c2ccccc2)cc1. The summed E-state index contributed by atoms with van der Waals surface area (Å²) in [5.41, 5.74) is 3.91. The Morgan fingerprint density at radius 2 is 1.53 bits per heavy atom. The summed E-state index contributed by atoms with van der Waals surface area (Å²) in [6.45, 7) is 1.70. The van der Waals surface area contributed by atoms with E-state index in [2.05, 4.69) is 60.5 Å². The molecular weight excluding hydrogens is 234 g/mol. The first-order chi connectivity index (χ1) is 9.29. The molecule has 2 heteroatoms. The van der Waals surface area contributed by atoms with Gasteiger partial charge >= 0.3 is 0 Å². The van der Waals surface area contributed by atoms with E-state index in [-0.39, 0.29) is 0 Å². The fourth-order valence-corrected chi connectivity index (χ4v) is 2.10. The maximum absolute atomic E-state index is 5.09. The second-order valence-electron chi connectivity index (χ2n) is 4.81. The van der Waals surface area contributed by atoms with E-state index in [0.29, 0.717) is 6.73 Å². The van der Waals surface area contributed by atoms with Crippen LogP contribution in [0.4, 0.5) is 0 Å². The first kappa shape index (κ1) is 13.8. The normalized spacial score (nSPS) is 10.9. The number of nitrogens with zero attached hydrogens (tertiary/aromatic N) is 1. The molecule has 0 radical (unpaired) electrons. The quantitative estimate of drug-likeness (QED) is 0.733. The van der Waals surface area contributed by atoms with Crippen molar-refractivity contribution in [3.05, 3.63) is 60.2 Å². The van der Waals surface area contributed by atoms with Gasteiger partial charge in [-0.05, 0) is 30.2 Å². The third-order valence-corrected chi connectivity index (χ3v) is 3.19. The molecule has 0 spiro atoms. The first-order valence-electron chi connectivity index (χ1n) is 6.61. The maximum Gasteiger partial charge on any atom is 0.0984 e. The Balaban J connectivity index is 1.95. The molecule has 0 aliphatic carbocycles. The van der Waals surface area contributed by atoms with Crippen molar-refractivity contribution in [2.45, 2.75) is 6.42 Å². The van der Waals surface area contributed by atoms with E-state index in [4.69, 9.17) is 4.74 Å². The summed E-state index contributed by atoms with van der Waals surface area (Å²) < 4.78 is 5.09. The highest BCUT2D eigenvalue weighted by Gasteiger charge is 2.00. The van der Waals surface area contributed by atoms with Crippen molar-refractivity contribution < 1.29 is 4.74 Å². The van der Waals surface area contributed by atoms with Gasteiger partial charge in [0, 0.05) is 13.7 Å². The monoisotopic (exact) mass is 255 g/mol. The molecule has 2 aromatic carbocycles. The molecular formula is C17H21NO. The predicted octanol–water partition coefficient (Wildman–Crippen LogP) is 3.43. The number of ether oxygens (including phenoxy) is 1. The van der Waals surface area contributed by atoms with Crippen LogP contribution in [-0.4, -0.2) is 32.3 Å². The molecule has 0 saturated heterocycles. The molecule has 0 atom stereocenters. The first-order valence-corrected chi connectivity index (χ1v) is 6.61. The Morgan fingerprint density at radius 1 is 0.895 bits per heavy atom. The summed E-state index contributed by atoms with van der Waals surface area (Å²) in [6.07, 6.45) is 1.05. The summed E-state index contributed by atoms with van der Waals surface area (Å²) >= 11 is 0. The third-order valence-electron chi connectivity index (χ3n) is 3.19. The van der Waals surface area contributed by atoms with E-state index in [0.717, 1.165) is 13.0 Å². The van der Waals surface area contributed by atoms with Crippen LogP contribution in [-0.2, 0) is 11.2 Å². The number of rotatable bonds is 6. The molecule has 0 aliphatic heterocycles. The Bertz CT molecular complexity index is 478. The van der Waals surface area contributed by atoms with Gasteiger partial charge in [0.05, 0.1) is 6.73 Å². The molecule has 0 N–H and O–H groups in total. The largest absolute Gasteiger partial charge is 0.369 e. The molecule has 0 fully saturated rings. The topological polar surface area (TPSA) is 12.5 Å². The van der Waals surface area contributed by atoms with E-state index in [9.17, 15) is 0 Å². The molecule has 2 nitrogen and oxygen atoms in total. The van der Waals surface area contributed by atoms with Gasteiger partial charge in [0.15, 0.2) is 0 Å². The zero-order chi connectivity index (χ0) is 13.5. The van der Waals surface area contributed by atoms with Gasteiger partial charge in [-0.15, -0.1) is 0 Å². The van der Waals surface area contributed by atoms with Gasteiger partial charge in [-0.25, -0.2) is 0 Å². The molecule has 0 heterocycles. The lowest BCUT2D eigenvalue weighted by molar-refractivity contribution is 0.0827. The van der Waals surface area contributed by atoms with Crippen LogP contribution in [0, 0.1) is 0 Å². The Hall–Kier alpha value is -1.64. The molecule has 0 saturated carbocycles.